The van der Waals surface area contributed by atoms with Crippen LogP contribution < -0.4 is 18.9 Å². The Kier molecular flexibility index (Phi) is 13.5. The molecule has 0 unspecified atom stereocenters. The van der Waals surface area contributed by atoms with Crippen molar-refractivity contribution in [1.82, 2.24) is 54.6 Å². The minimum Gasteiger partial charge on any atom is -0.492 e. The summed E-state index contributed by atoms with van der Waals surface area (Å²) in [5, 5.41) is 12.6. The van der Waals surface area contributed by atoms with Crippen LogP contribution >= 0.6 is 0 Å². The van der Waals surface area contributed by atoms with Gasteiger partial charge < -0.3 is 48.2 Å². The molecule has 3 saturated heterocycles. The molecule has 8 heterocycles. The molecule has 20 heteroatoms. The third-order valence-corrected chi connectivity index (χ3v) is 14.4. The third-order valence-electron chi connectivity index (χ3n) is 14.4. The van der Waals surface area contributed by atoms with Crippen LogP contribution in [-0.4, -0.2) is 184 Å². The van der Waals surface area contributed by atoms with Gasteiger partial charge in [-0.15, -0.1) is 0 Å². The molecule has 5 aliphatic rings. The summed E-state index contributed by atoms with van der Waals surface area (Å²) in [5.74, 6) is 3.68. The van der Waals surface area contributed by atoms with Gasteiger partial charge in [-0.3, -0.25) is 14.7 Å². The first kappa shape index (κ1) is 48.5. The number of H-pyrrole nitrogens is 2. The van der Waals surface area contributed by atoms with Gasteiger partial charge in [-0.2, -0.15) is 0 Å². The van der Waals surface area contributed by atoms with Crippen molar-refractivity contribution >= 4 is 50.1 Å². The van der Waals surface area contributed by atoms with Crippen molar-refractivity contribution in [2.24, 2.45) is 0 Å². The van der Waals surface area contributed by atoms with Gasteiger partial charge in [0.1, 0.15) is 71.2 Å². The largest absolute Gasteiger partial charge is 0.492 e. The molecule has 3 fully saturated rings. The Bertz CT molecular complexity index is 3680. The van der Waals surface area contributed by atoms with Crippen LogP contribution in [0.5, 0.6) is 28.7 Å². The normalized spacial score (nSPS) is 16.1. The molecule has 8 bridgehead atoms. The molecule has 0 atom stereocenters. The fourth-order valence-corrected chi connectivity index (χ4v) is 10.2. The highest BCUT2D eigenvalue weighted by atomic mass is 16.5. The maximum atomic E-state index is 11.6. The van der Waals surface area contributed by atoms with E-state index in [0.717, 1.165) is 97.3 Å². The van der Waals surface area contributed by atoms with E-state index in [9.17, 15) is 9.90 Å². The first-order valence-electron chi connectivity index (χ1n) is 26.1. The molecule has 0 saturated carbocycles. The number of carboxylic acids is 1. The predicted molar refractivity (Wildman–Crippen MR) is 288 cm³/mol. The summed E-state index contributed by atoms with van der Waals surface area (Å²) in [5.41, 5.74) is 5.22. The topological polar surface area (TPSA) is 221 Å². The molecule has 392 valence electrons. The fraction of sp³-hybridized carbons (Fsp3) is 0.316. The molecule has 0 amide bonds. The molecule has 13 rings (SSSR count). The third kappa shape index (κ3) is 10.5. The van der Waals surface area contributed by atoms with E-state index >= 15 is 0 Å². The zero-order valence-electron chi connectivity index (χ0n) is 42.2. The smallest absolute Gasteiger partial charge is 0.335 e. The first-order valence-corrected chi connectivity index (χ1v) is 26.1. The van der Waals surface area contributed by atoms with Crippen molar-refractivity contribution in [2.75, 3.05) is 118 Å². The summed E-state index contributed by atoms with van der Waals surface area (Å²) in [6, 6.07) is 29.7. The van der Waals surface area contributed by atoms with Crippen LogP contribution in [0.2, 0.25) is 0 Å². The number of carbonyl (C=O) groups is 1. The van der Waals surface area contributed by atoms with Crippen LogP contribution in [0.4, 0.5) is 0 Å². The van der Waals surface area contributed by atoms with Crippen molar-refractivity contribution in [2.45, 2.75) is 0 Å². The van der Waals surface area contributed by atoms with Gasteiger partial charge in [0, 0.05) is 103 Å². The lowest BCUT2D eigenvalue weighted by Crippen LogP contribution is -2.38. The maximum Gasteiger partial charge on any atom is 0.335 e. The summed E-state index contributed by atoms with van der Waals surface area (Å²) in [6.45, 7) is 13.3. The van der Waals surface area contributed by atoms with Crippen molar-refractivity contribution in [3.63, 3.8) is 0 Å². The zero-order chi connectivity index (χ0) is 51.7. The number of nitrogens with zero attached hydrogens (tertiary/aromatic N) is 9. The van der Waals surface area contributed by atoms with Gasteiger partial charge in [-0.1, -0.05) is 0 Å². The second-order valence-corrected chi connectivity index (χ2v) is 19.3. The van der Waals surface area contributed by atoms with Gasteiger partial charge in [0.05, 0.1) is 45.2 Å². The monoisotopic (exact) mass is 1040 g/mol. The minimum atomic E-state index is -1.02. The molecular weight excluding hydrogens is 983 g/mol. The molecule has 3 aromatic heterocycles. The highest BCUT2D eigenvalue weighted by molar-refractivity contribution is 6.08. The number of ether oxygens (including phenoxy) is 7. The average Bonchev–Trinajstić information content (AvgIpc) is 4.27. The minimum absolute atomic E-state index is 0.157. The standard InChI is InChI=1S/C57H55N11O9/c69-57(70)35-1-3-36(4-2-35)77-40-8-12-44-48(34-40)56-60-50(44)58-49-41-9-5-37(74-28-19-66-13-22-71-23-14-66)31-45(41)53(59-49)61-51-42-10-6-38(75-29-20-67-15-24-72-25-16-67)32-46(42)54(62-51)63-52-43-11-7-39(33-47(43)55(64-52)65-56)76-30-21-68-17-26-73-27-18-68/h1-12,31-34H,13-30H2,(H,69,70)(H2,58,59,60,61,62,63,64,65). The maximum absolute atomic E-state index is 11.6. The lowest BCUT2D eigenvalue weighted by atomic mass is 10.1. The Morgan fingerprint density at radius 3 is 1.29 bits per heavy atom. The van der Waals surface area contributed by atoms with Gasteiger partial charge in [0.25, 0.3) is 0 Å². The van der Waals surface area contributed by atoms with Crippen molar-refractivity contribution in [1.29, 1.82) is 0 Å². The number of aromatic carboxylic acids is 1. The quantitative estimate of drug-likeness (QED) is 0.0905. The van der Waals surface area contributed by atoms with Crippen molar-refractivity contribution in [3.05, 3.63) is 103 Å². The first-order chi connectivity index (χ1) is 37.9. The van der Waals surface area contributed by atoms with E-state index in [1.165, 1.54) is 12.1 Å². The molecule has 0 radical (unpaired) electrons. The predicted octanol–water partition coefficient (Wildman–Crippen LogP) is 7.49. The van der Waals surface area contributed by atoms with E-state index in [-0.39, 0.29) is 5.56 Å². The van der Waals surface area contributed by atoms with E-state index in [2.05, 4.69) is 24.7 Å². The second kappa shape index (κ2) is 21.5. The van der Waals surface area contributed by atoms with Crippen LogP contribution in [0, 0.1) is 0 Å². The number of fused-ring (bicyclic) bond motifs is 20. The molecule has 3 N–H and O–H groups in total. The zero-order valence-corrected chi connectivity index (χ0v) is 42.2. The van der Waals surface area contributed by atoms with Crippen LogP contribution in [0.15, 0.2) is 97.1 Å². The van der Waals surface area contributed by atoms with E-state index < -0.39 is 5.97 Å². The summed E-state index contributed by atoms with van der Waals surface area (Å²) >= 11 is 0. The Balaban J connectivity index is 0.971. The fourth-order valence-electron chi connectivity index (χ4n) is 10.2. The Morgan fingerprint density at radius 2 is 0.805 bits per heavy atom. The highest BCUT2D eigenvalue weighted by Crippen LogP contribution is 2.41. The Labute approximate surface area is 441 Å². The summed E-state index contributed by atoms with van der Waals surface area (Å²) in [6.07, 6.45) is 0. The number of carboxylic acid groups (broad SMARTS) is 1. The Hall–Kier alpha value is -8.11. The number of hydrogen-bond acceptors (Lipinski definition) is 17. The summed E-state index contributed by atoms with van der Waals surface area (Å²) in [4.78, 5) is 57.2. The van der Waals surface area contributed by atoms with Gasteiger partial charge in [-0.05, 0) is 97.1 Å². The van der Waals surface area contributed by atoms with E-state index in [1.54, 1.807) is 12.1 Å². The van der Waals surface area contributed by atoms with Crippen LogP contribution in [0.1, 0.15) is 10.4 Å². The Morgan fingerprint density at radius 1 is 0.429 bits per heavy atom. The van der Waals surface area contributed by atoms with E-state index in [1.807, 2.05) is 72.8 Å². The van der Waals surface area contributed by atoms with Crippen LogP contribution in [0.3, 0.4) is 0 Å². The van der Waals surface area contributed by atoms with E-state index in [4.69, 9.17) is 63.1 Å². The van der Waals surface area contributed by atoms with E-state index in [0.29, 0.717) is 139 Å². The van der Waals surface area contributed by atoms with Gasteiger partial charge in [0.15, 0.2) is 23.3 Å². The lowest BCUT2D eigenvalue weighted by molar-refractivity contribution is 0.0322. The molecular formula is C57H55N11O9. The molecule has 0 spiro atoms. The molecule has 5 aromatic carbocycles. The van der Waals surface area contributed by atoms with Gasteiger partial charge in [-0.25, -0.2) is 34.7 Å². The van der Waals surface area contributed by atoms with Crippen LogP contribution in [0.25, 0.3) is 89.7 Å². The molecule has 20 nitrogen and oxygen atoms in total. The number of aromatic amines is 2. The number of morpholine rings is 3. The second-order valence-electron chi connectivity index (χ2n) is 19.3. The molecule has 8 aromatic rings. The molecule has 77 heavy (non-hydrogen) atoms. The highest BCUT2D eigenvalue weighted by Gasteiger charge is 2.26. The number of benzene rings is 5. The summed E-state index contributed by atoms with van der Waals surface area (Å²) in [7, 11) is 0. The number of aromatic nitrogens is 8. The van der Waals surface area contributed by atoms with Gasteiger partial charge in [0.2, 0.25) is 0 Å². The van der Waals surface area contributed by atoms with Crippen LogP contribution in [-0.2, 0) is 14.2 Å². The average molecular weight is 1040 g/mol. The molecule has 5 aliphatic heterocycles. The number of rotatable bonds is 15. The summed E-state index contributed by atoms with van der Waals surface area (Å²) < 4.78 is 42.2. The van der Waals surface area contributed by atoms with Gasteiger partial charge >= 0.3 is 5.97 Å². The molecule has 0 aliphatic carbocycles. The van der Waals surface area contributed by atoms with Crippen molar-refractivity contribution < 1.29 is 43.1 Å². The van der Waals surface area contributed by atoms with Crippen molar-refractivity contribution in [3.8, 4) is 74.3 Å². The lowest BCUT2D eigenvalue weighted by Gasteiger charge is -2.26. The SMILES string of the molecule is O=C(O)c1ccc(Oc2ccc3c4nc5[nH]c(nc6nc(nc7nc(nc([nH]4)c3c2)-c2cc(OCCN3CCOCC3)ccc2-7)-c2cc(OCCN3CCOCC3)ccc2-6)c2cc(OCCN3CCOCC3)ccc52)cc1. The number of nitrogens with one attached hydrogen (secondary N) is 2. The number of hydrogen-bond donors (Lipinski definition) is 3.